The van der Waals surface area contributed by atoms with Crippen molar-refractivity contribution >= 4 is 34.3 Å². The molecule has 0 amide bonds. The highest BCUT2D eigenvalue weighted by Gasteiger charge is 2.14. The van der Waals surface area contributed by atoms with Crippen LogP contribution in [0, 0.1) is 0 Å². The van der Waals surface area contributed by atoms with Crippen molar-refractivity contribution in [3.8, 4) is 22.3 Å². The van der Waals surface area contributed by atoms with Crippen molar-refractivity contribution in [3.05, 3.63) is 59.6 Å². The molecule has 132 valence electrons. The highest BCUT2D eigenvalue weighted by molar-refractivity contribution is 7.97. The Balaban J connectivity index is 1.80. The second-order valence-electron chi connectivity index (χ2n) is 6.03. The Bertz CT molecular complexity index is 1000. The van der Waals surface area contributed by atoms with E-state index in [1.807, 2.05) is 18.1 Å². The van der Waals surface area contributed by atoms with E-state index in [4.69, 9.17) is 0 Å². The van der Waals surface area contributed by atoms with Crippen LogP contribution in [0.1, 0.15) is 13.8 Å². The molecule has 0 saturated heterocycles. The van der Waals surface area contributed by atoms with E-state index in [9.17, 15) is 0 Å². The summed E-state index contributed by atoms with van der Waals surface area (Å²) in [6.07, 6.45) is 3.96. The molecule has 0 aliphatic heterocycles. The van der Waals surface area contributed by atoms with Gasteiger partial charge in [-0.2, -0.15) is 11.3 Å². The Morgan fingerprint density at radius 1 is 1.08 bits per heavy atom. The van der Waals surface area contributed by atoms with Crippen LogP contribution in [0.15, 0.2) is 64.4 Å². The van der Waals surface area contributed by atoms with Crippen LogP contribution in [-0.2, 0) is 0 Å². The van der Waals surface area contributed by atoms with Crippen molar-refractivity contribution in [1.82, 2.24) is 14.3 Å². The molecule has 4 rings (SSSR count). The van der Waals surface area contributed by atoms with E-state index in [1.165, 1.54) is 32.5 Å². The number of nitrogens with zero attached hydrogens (tertiary/aromatic N) is 2. The molecule has 0 radical (unpaired) electrons. The Labute approximate surface area is 162 Å². The zero-order chi connectivity index (χ0) is 17.9. The topological polar surface area (TPSA) is 31.9 Å². The lowest BCUT2D eigenvalue weighted by atomic mass is 10.00. The number of benzene rings is 1. The van der Waals surface area contributed by atoms with Crippen LogP contribution in [0.5, 0.6) is 0 Å². The fourth-order valence-corrected chi connectivity index (χ4v) is 4.70. The largest absolute Gasteiger partial charge is 0.345 e. The molecule has 4 aromatic rings. The van der Waals surface area contributed by atoms with Crippen LogP contribution < -0.4 is 0 Å². The van der Waals surface area contributed by atoms with Gasteiger partial charge in [0.1, 0.15) is 5.65 Å². The van der Waals surface area contributed by atoms with Gasteiger partial charge in [0.2, 0.25) is 0 Å². The van der Waals surface area contributed by atoms with Crippen LogP contribution in [-0.4, -0.2) is 27.4 Å². The molecule has 1 N–H and O–H groups in total. The molecule has 0 aliphatic rings. The molecule has 0 aliphatic carbocycles. The van der Waals surface area contributed by atoms with Gasteiger partial charge in [0.05, 0.1) is 0 Å². The second-order valence-corrected chi connectivity index (χ2v) is 7.98. The van der Waals surface area contributed by atoms with Crippen molar-refractivity contribution in [2.75, 3.05) is 13.1 Å². The molecule has 0 unspecified atom stereocenters. The average molecular weight is 380 g/mol. The zero-order valence-electron chi connectivity index (χ0n) is 14.9. The zero-order valence-corrected chi connectivity index (χ0v) is 16.5. The summed E-state index contributed by atoms with van der Waals surface area (Å²) in [7, 11) is 0. The third kappa shape index (κ3) is 3.30. The normalized spacial score (nSPS) is 11.5. The van der Waals surface area contributed by atoms with Crippen LogP contribution in [0.2, 0.25) is 0 Å². The Hall–Kier alpha value is -2.08. The van der Waals surface area contributed by atoms with E-state index in [0.717, 1.165) is 18.7 Å². The van der Waals surface area contributed by atoms with Gasteiger partial charge in [-0.3, -0.25) is 0 Å². The predicted octanol–water partition coefficient (Wildman–Crippen LogP) is 6.31. The first-order valence-electron chi connectivity index (χ1n) is 8.82. The van der Waals surface area contributed by atoms with Crippen LogP contribution in [0.25, 0.3) is 33.3 Å². The highest BCUT2D eigenvalue weighted by atomic mass is 32.2. The molecular weight excluding hydrogens is 358 g/mol. The fourth-order valence-electron chi connectivity index (χ4n) is 3.16. The van der Waals surface area contributed by atoms with Crippen molar-refractivity contribution < 1.29 is 0 Å². The summed E-state index contributed by atoms with van der Waals surface area (Å²) in [5, 5.41) is 5.50. The molecule has 0 bridgehead atoms. The quantitative estimate of drug-likeness (QED) is 0.399. The summed E-state index contributed by atoms with van der Waals surface area (Å²) >= 11 is 3.54. The SMILES string of the molecule is CCN(CC)Sc1cccc(-c2c[nH]c3nccc(-c4ccsc4)c23)c1. The maximum atomic E-state index is 4.53. The number of nitrogens with one attached hydrogen (secondary N) is 1. The third-order valence-corrected chi connectivity index (χ3v) is 6.41. The van der Waals surface area contributed by atoms with E-state index in [1.54, 1.807) is 11.3 Å². The van der Waals surface area contributed by atoms with Crippen LogP contribution >= 0.6 is 23.3 Å². The minimum Gasteiger partial charge on any atom is -0.345 e. The Morgan fingerprint density at radius 3 is 2.73 bits per heavy atom. The second kappa shape index (κ2) is 7.66. The molecule has 5 heteroatoms. The predicted molar refractivity (Wildman–Crippen MR) is 114 cm³/mol. The number of aromatic nitrogens is 2. The molecule has 0 saturated carbocycles. The van der Waals surface area contributed by atoms with Gasteiger partial charge >= 0.3 is 0 Å². The van der Waals surface area contributed by atoms with Gasteiger partial charge < -0.3 is 4.98 Å². The van der Waals surface area contributed by atoms with E-state index < -0.39 is 0 Å². The standard InChI is InChI=1S/C21H21N3S2/c1-3-24(4-2)26-17-7-5-6-15(12-17)19-13-23-21-20(19)18(8-10-22-21)16-9-11-25-14-16/h5-14H,3-4H2,1-2H3,(H,22,23). The monoisotopic (exact) mass is 379 g/mol. The molecule has 26 heavy (non-hydrogen) atoms. The van der Waals surface area contributed by atoms with Crippen LogP contribution in [0.3, 0.4) is 0 Å². The number of hydrogen-bond donors (Lipinski definition) is 1. The minimum absolute atomic E-state index is 0.936. The molecule has 0 atom stereocenters. The van der Waals surface area contributed by atoms with Crippen molar-refractivity contribution in [2.45, 2.75) is 18.7 Å². The molecule has 0 spiro atoms. The number of H-pyrrole nitrogens is 1. The van der Waals surface area contributed by atoms with E-state index in [2.05, 4.69) is 81.5 Å². The molecule has 0 fully saturated rings. The summed E-state index contributed by atoms with van der Waals surface area (Å²) in [5.74, 6) is 0. The van der Waals surface area contributed by atoms with Crippen molar-refractivity contribution in [2.24, 2.45) is 0 Å². The van der Waals surface area contributed by atoms with Gasteiger partial charge in [0, 0.05) is 41.3 Å². The first kappa shape index (κ1) is 17.3. The number of thiophene rings is 1. The number of aromatic amines is 1. The lowest BCUT2D eigenvalue weighted by molar-refractivity contribution is 0.525. The molecular formula is C21H21N3S2. The van der Waals surface area contributed by atoms with Gasteiger partial charge in [0.15, 0.2) is 0 Å². The first-order chi connectivity index (χ1) is 12.8. The number of pyridine rings is 1. The van der Waals surface area contributed by atoms with E-state index in [-0.39, 0.29) is 0 Å². The smallest absolute Gasteiger partial charge is 0.138 e. The number of fused-ring (bicyclic) bond motifs is 1. The van der Waals surface area contributed by atoms with Gasteiger partial charge in [-0.05, 0) is 63.7 Å². The van der Waals surface area contributed by atoms with Crippen molar-refractivity contribution in [3.63, 3.8) is 0 Å². The lowest BCUT2D eigenvalue weighted by Crippen LogP contribution is -2.13. The highest BCUT2D eigenvalue weighted by Crippen LogP contribution is 2.37. The van der Waals surface area contributed by atoms with Gasteiger partial charge in [-0.25, -0.2) is 9.29 Å². The third-order valence-electron chi connectivity index (χ3n) is 4.49. The minimum atomic E-state index is 0.936. The maximum absolute atomic E-state index is 4.53. The molecule has 3 aromatic heterocycles. The molecule has 3 nitrogen and oxygen atoms in total. The lowest BCUT2D eigenvalue weighted by Gasteiger charge is -2.17. The summed E-state index contributed by atoms with van der Waals surface area (Å²) in [4.78, 5) is 9.14. The first-order valence-corrected chi connectivity index (χ1v) is 10.5. The Kier molecular flexibility index (Phi) is 5.11. The van der Waals surface area contributed by atoms with E-state index >= 15 is 0 Å². The number of rotatable bonds is 6. The maximum Gasteiger partial charge on any atom is 0.138 e. The molecule has 1 aromatic carbocycles. The summed E-state index contributed by atoms with van der Waals surface area (Å²) in [6, 6.07) is 13.0. The number of hydrogen-bond acceptors (Lipinski definition) is 4. The van der Waals surface area contributed by atoms with Gasteiger partial charge in [0.25, 0.3) is 0 Å². The van der Waals surface area contributed by atoms with Gasteiger partial charge in [-0.15, -0.1) is 0 Å². The summed E-state index contributed by atoms with van der Waals surface area (Å²) in [5.41, 5.74) is 5.84. The van der Waals surface area contributed by atoms with Gasteiger partial charge in [-0.1, -0.05) is 26.0 Å². The van der Waals surface area contributed by atoms with Crippen LogP contribution in [0.4, 0.5) is 0 Å². The summed E-state index contributed by atoms with van der Waals surface area (Å²) < 4.78 is 2.35. The van der Waals surface area contributed by atoms with Crippen molar-refractivity contribution in [1.29, 1.82) is 0 Å². The summed E-state index contributed by atoms with van der Waals surface area (Å²) in [6.45, 7) is 6.45. The Morgan fingerprint density at radius 2 is 1.96 bits per heavy atom. The van der Waals surface area contributed by atoms with E-state index in [0.29, 0.717) is 0 Å². The average Bonchev–Trinajstić information content (AvgIpc) is 3.36. The fraction of sp³-hybridized carbons (Fsp3) is 0.190. The molecule has 3 heterocycles.